The molecule has 0 aliphatic heterocycles. The van der Waals surface area contributed by atoms with Crippen LogP contribution >= 0.6 is 0 Å². The second kappa shape index (κ2) is 7.32. The maximum absolute atomic E-state index is 13.9. The van der Waals surface area contributed by atoms with Gasteiger partial charge in [-0.1, -0.05) is 36.8 Å². The van der Waals surface area contributed by atoms with Gasteiger partial charge in [0.15, 0.2) is 0 Å². The Labute approximate surface area is 125 Å². The molecule has 1 unspecified atom stereocenters. The number of hydrogen-bond donors (Lipinski definition) is 1. The predicted molar refractivity (Wildman–Crippen MR) is 82.3 cm³/mol. The molecule has 0 amide bonds. The first-order valence-electron chi connectivity index (χ1n) is 7.34. The molecular formula is C18H21F2N. The average molecular weight is 289 g/mol. The summed E-state index contributed by atoms with van der Waals surface area (Å²) in [5.74, 6) is -0.754. The van der Waals surface area contributed by atoms with Crippen molar-refractivity contribution in [2.75, 3.05) is 6.54 Å². The maximum atomic E-state index is 13.9. The van der Waals surface area contributed by atoms with Crippen LogP contribution in [0.15, 0.2) is 42.5 Å². The van der Waals surface area contributed by atoms with Crippen LogP contribution in [0.25, 0.3) is 0 Å². The molecule has 21 heavy (non-hydrogen) atoms. The largest absolute Gasteiger partial charge is 0.310 e. The average Bonchev–Trinajstić information content (AvgIpc) is 2.48. The molecule has 1 atom stereocenters. The van der Waals surface area contributed by atoms with Gasteiger partial charge in [-0.2, -0.15) is 0 Å². The summed E-state index contributed by atoms with van der Waals surface area (Å²) < 4.78 is 27.3. The van der Waals surface area contributed by atoms with E-state index in [1.807, 2.05) is 13.8 Å². The number of halogens is 2. The molecule has 0 heterocycles. The molecule has 1 N–H and O–H groups in total. The Hall–Kier alpha value is -1.74. The van der Waals surface area contributed by atoms with Gasteiger partial charge in [0, 0.05) is 11.6 Å². The third-order valence-electron chi connectivity index (χ3n) is 3.63. The first-order valence-corrected chi connectivity index (χ1v) is 7.34. The van der Waals surface area contributed by atoms with Crippen molar-refractivity contribution < 1.29 is 8.78 Å². The molecule has 112 valence electrons. The minimum atomic E-state index is -0.398. The highest BCUT2D eigenvalue weighted by molar-refractivity contribution is 5.24. The Balaban J connectivity index is 2.11. The fourth-order valence-electron chi connectivity index (χ4n) is 2.46. The third-order valence-corrected chi connectivity index (χ3v) is 3.63. The topological polar surface area (TPSA) is 12.0 Å². The van der Waals surface area contributed by atoms with Gasteiger partial charge >= 0.3 is 0 Å². The molecule has 1 nitrogen and oxygen atoms in total. The van der Waals surface area contributed by atoms with Crippen molar-refractivity contribution in [1.29, 1.82) is 0 Å². The summed E-state index contributed by atoms with van der Waals surface area (Å²) in [7, 11) is 0. The summed E-state index contributed by atoms with van der Waals surface area (Å²) >= 11 is 0. The molecule has 0 saturated heterocycles. The monoisotopic (exact) mass is 289 g/mol. The van der Waals surface area contributed by atoms with Crippen molar-refractivity contribution in [3.63, 3.8) is 0 Å². The number of benzene rings is 2. The van der Waals surface area contributed by atoms with Crippen LogP contribution in [0.5, 0.6) is 0 Å². The quantitative estimate of drug-likeness (QED) is 0.822. The standard InChI is InChI=1S/C18H21F2N/c1-3-21-18(16-12-15(19)9-10-17(16)20)11-8-14-6-4-13(2)5-7-14/h4-7,9-10,12,18,21H,3,8,11H2,1-2H3. The van der Waals surface area contributed by atoms with Gasteiger partial charge in [0.2, 0.25) is 0 Å². The highest BCUT2D eigenvalue weighted by Crippen LogP contribution is 2.23. The first-order chi connectivity index (χ1) is 10.1. The zero-order chi connectivity index (χ0) is 15.2. The summed E-state index contributed by atoms with van der Waals surface area (Å²) in [4.78, 5) is 0. The van der Waals surface area contributed by atoms with Gasteiger partial charge < -0.3 is 5.32 Å². The van der Waals surface area contributed by atoms with Crippen molar-refractivity contribution in [2.45, 2.75) is 32.7 Å². The van der Waals surface area contributed by atoms with Crippen molar-refractivity contribution in [2.24, 2.45) is 0 Å². The van der Waals surface area contributed by atoms with Crippen LogP contribution < -0.4 is 5.32 Å². The molecule has 3 heteroatoms. The van der Waals surface area contributed by atoms with Crippen LogP contribution in [0, 0.1) is 18.6 Å². The van der Waals surface area contributed by atoms with E-state index in [9.17, 15) is 8.78 Å². The van der Waals surface area contributed by atoms with E-state index in [-0.39, 0.29) is 11.9 Å². The summed E-state index contributed by atoms with van der Waals surface area (Å²) in [5.41, 5.74) is 2.84. The molecule has 0 aliphatic carbocycles. The van der Waals surface area contributed by atoms with Gasteiger partial charge in [-0.15, -0.1) is 0 Å². The molecule has 0 spiro atoms. The van der Waals surface area contributed by atoms with E-state index in [1.54, 1.807) is 0 Å². The fourth-order valence-corrected chi connectivity index (χ4v) is 2.46. The lowest BCUT2D eigenvalue weighted by Crippen LogP contribution is -2.22. The van der Waals surface area contributed by atoms with E-state index >= 15 is 0 Å². The maximum Gasteiger partial charge on any atom is 0.128 e. The van der Waals surface area contributed by atoms with Gasteiger partial charge in [-0.05, 0) is 50.1 Å². The van der Waals surface area contributed by atoms with Gasteiger partial charge in [-0.3, -0.25) is 0 Å². The minimum absolute atomic E-state index is 0.174. The summed E-state index contributed by atoms with van der Waals surface area (Å²) in [6.45, 7) is 4.73. The molecule has 2 aromatic carbocycles. The van der Waals surface area contributed by atoms with Gasteiger partial charge in [-0.25, -0.2) is 8.78 Å². The summed E-state index contributed by atoms with van der Waals surface area (Å²) in [5, 5.41) is 3.24. The molecule has 2 rings (SSSR count). The Morgan fingerprint density at radius 2 is 1.76 bits per heavy atom. The van der Waals surface area contributed by atoms with Gasteiger partial charge in [0.05, 0.1) is 0 Å². The molecule has 0 aliphatic rings. The molecular weight excluding hydrogens is 268 g/mol. The predicted octanol–water partition coefficient (Wildman–Crippen LogP) is 4.56. The Bertz CT molecular complexity index is 578. The van der Waals surface area contributed by atoms with Crippen molar-refractivity contribution in [3.05, 3.63) is 70.8 Å². The molecule has 0 bridgehead atoms. The van der Waals surface area contributed by atoms with Gasteiger partial charge in [0.25, 0.3) is 0 Å². The molecule has 0 saturated carbocycles. The highest BCUT2D eigenvalue weighted by Gasteiger charge is 2.15. The van der Waals surface area contributed by atoms with E-state index in [0.29, 0.717) is 12.1 Å². The normalized spacial score (nSPS) is 12.4. The Kier molecular flexibility index (Phi) is 5.45. The van der Waals surface area contributed by atoms with Crippen LogP contribution in [0.4, 0.5) is 8.78 Å². The lowest BCUT2D eigenvalue weighted by molar-refractivity contribution is 0.479. The molecule has 2 aromatic rings. The Morgan fingerprint density at radius 3 is 2.43 bits per heavy atom. The summed E-state index contributed by atoms with van der Waals surface area (Å²) in [6, 6.07) is 11.8. The number of hydrogen-bond acceptors (Lipinski definition) is 1. The van der Waals surface area contributed by atoms with E-state index in [1.165, 1.54) is 23.3 Å². The lowest BCUT2D eigenvalue weighted by Gasteiger charge is -2.19. The van der Waals surface area contributed by atoms with Gasteiger partial charge in [0.1, 0.15) is 11.6 Å². The highest BCUT2D eigenvalue weighted by atomic mass is 19.1. The zero-order valence-electron chi connectivity index (χ0n) is 12.5. The van der Waals surface area contributed by atoms with Crippen molar-refractivity contribution in [1.82, 2.24) is 5.32 Å². The van der Waals surface area contributed by atoms with Crippen LogP contribution in [0.3, 0.4) is 0 Å². The van der Waals surface area contributed by atoms with E-state index in [2.05, 4.69) is 29.6 Å². The first kappa shape index (κ1) is 15.6. The smallest absolute Gasteiger partial charge is 0.128 e. The minimum Gasteiger partial charge on any atom is -0.310 e. The van der Waals surface area contributed by atoms with Crippen LogP contribution in [-0.4, -0.2) is 6.54 Å². The fraction of sp³-hybridized carbons (Fsp3) is 0.333. The number of aryl methyl sites for hydroxylation is 2. The van der Waals surface area contributed by atoms with E-state index in [0.717, 1.165) is 18.9 Å². The number of rotatable bonds is 6. The second-order valence-electron chi connectivity index (χ2n) is 5.30. The third kappa shape index (κ3) is 4.36. The molecule has 0 aromatic heterocycles. The van der Waals surface area contributed by atoms with Crippen molar-refractivity contribution >= 4 is 0 Å². The van der Waals surface area contributed by atoms with Crippen LogP contribution in [-0.2, 0) is 6.42 Å². The van der Waals surface area contributed by atoms with E-state index < -0.39 is 5.82 Å². The van der Waals surface area contributed by atoms with E-state index in [4.69, 9.17) is 0 Å². The zero-order valence-corrected chi connectivity index (χ0v) is 12.5. The summed E-state index contributed by atoms with van der Waals surface area (Å²) in [6.07, 6.45) is 1.56. The van der Waals surface area contributed by atoms with Crippen LogP contribution in [0.1, 0.15) is 36.1 Å². The Morgan fingerprint density at radius 1 is 1.05 bits per heavy atom. The number of nitrogens with one attached hydrogen (secondary N) is 1. The van der Waals surface area contributed by atoms with Crippen LogP contribution in [0.2, 0.25) is 0 Å². The molecule has 0 fully saturated rings. The molecule has 0 radical (unpaired) electrons. The van der Waals surface area contributed by atoms with Crippen molar-refractivity contribution in [3.8, 4) is 0 Å². The lowest BCUT2D eigenvalue weighted by atomic mass is 9.98. The second-order valence-corrected chi connectivity index (χ2v) is 5.30. The SMILES string of the molecule is CCNC(CCc1ccc(C)cc1)c1cc(F)ccc1F.